The summed E-state index contributed by atoms with van der Waals surface area (Å²) in [6.07, 6.45) is 3.22. The van der Waals surface area contributed by atoms with Gasteiger partial charge < -0.3 is 0 Å². The fourth-order valence-electron chi connectivity index (χ4n) is 5.49. The molecule has 1 spiro atoms. The van der Waals surface area contributed by atoms with Crippen LogP contribution in [0.25, 0.3) is 11.3 Å². The molecule has 0 unspecified atom stereocenters. The van der Waals surface area contributed by atoms with Crippen LogP contribution in [0, 0.1) is 30.6 Å². The van der Waals surface area contributed by atoms with Gasteiger partial charge in [0.05, 0.1) is 17.0 Å². The summed E-state index contributed by atoms with van der Waals surface area (Å²) in [6.45, 7) is 6.19. The summed E-state index contributed by atoms with van der Waals surface area (Å²) in [5.41, 5.74) is 4.16. The van der Waals surface area contributed by atoms with Crippen molar-refractivity contribution in [3.05, 3.63) is 52.7 Å². The molecule has 1 saturated heterocycles. The zero-order valence-electron chi connectivity index (χ0n) is 19.8. The minimum absolute atomic E-state index is 0.0620. The van der Waals surface area contributed by atoms with Crippen molar-refractivity contribution in [1.29, 1.82) is 5.26 Å². The van der Waals surface area contributed by atoms with Gasteiger partial charge in [-0.2, -0.15) is 5.26 Å². The Morgan fingerprint density at radius 3 is 2.15 bits per heavy atom. The summed E-state index contributed by atoms with van der Waals surface area (Å²) in [5, 5.41) is 8.99. The summed E-state index contributed by atoms with van der Waals surface area (Å²) in [4.78, 5) is 31.1. The highest BCUT2D eigenvalue weighted by Gasteiger charge is 2.48. The van der Waals surface area contributed by atoms with Crippen LogP contribution in [-0.4, -0.2) is 48.1 Å². The molecule has 0 bridgehead atoms. The molecular formula is C26H29N3O4S. The van der Waals surface area contributed by atoms with Crippen molar-refractivity contribution >= 4 is 21.6 Å². The maximum atomic E-state index is 13.3. The van der Waals surface area contributed by atoms with E-state index in [1.165, 1.54) is 10.5 Å². The molecule has 2 aliphatic rings. The van der Waals surface area contributed by atoms with Crippen LogP contribution in [0.4, 0.5) is 0 Å². The van der Waals surface area contributed by atoms with Gasteiger partial charge in [-0.05, 0) is 80.0 Å². The number of Topliss-reactive ketones (excluding diaryl/α,β-unsaturated/α-hetero) is 2. The quantitative estimate of drug-likeness (QED) is 0.619. The van der Waals surface area contributed by atoms with Gasteiger partial charge in [-0.3, -0.25) is 14.6 Å². The second kappa shape index (κ2) is 9.05. The van der Waals surface area contributed by atoms with Gasteiger partial charge in [-0.1, -0.05) is 0 Å². The first-order valence-electron chi connectivity index (χ1n) is 11.6. The Morgan fingerprint density at radius 2 is 1.68 bits per heavy atom. The summed E-state index contributed by atoms with van der Waals surface area (Å²) >= 11 is 0. The number of aromatic nitrogens is 1. The second-order valence-corrected chi connectivity index (χ2v) is 11.8. The number of hydrogen-bond donors (Lipinski definition) is 0. The van der Waals surface area contributed by atoms with Crippen LogP contribution in [-0.2, 0) is 19.6 Å². The lowest BCUT2D eigenvalue weighted by molar-refractivity contribution is -0.138. The lowest BCUT2D eigenvalue weighted by Crippen LogP contribution is -2.48. The third-order valence-electron chi connectivity index (χ3n) is 7.35. The fourth-order valence-corrected chi connectivity index (χ4v) is 6.59. The number of nitriles is 1. The third kappa shape index (κ3) is 4.42. The molecule has 1 aliphatic heterocycles. The summed E-state index contributed by atoms with van der Waals surface area (Å²) in [5.74, 6) is -0.852. The van der Waals surface area contributed by atoms with E-state index >= 15 is 0 Å². The summed E-state index contributed by atoms with van der Waals surface area (Å²) in [6, 6.07) is 9.44. The number of carbonyl (C=O) groups is 2. The molecule has 178 valence electrons. The Labute approximate surface area is 200 Å². The Morgan fingerprint density at radius 1 is 1.09 bits per heavy atom. The molecule has 0 atom stereocenters. The van der Waals surface area contributed by atoms with E-state index in [9.17, 15) is 18.0 Å². The number of aryl methyl sites for hydroxylation is 2. The number of piperidine rings is 1. The monoisotopic (exact) mass is 479 g/mol. The number of nitrogens with zero attached hydrogens (tertiary/aromatic N) is 3. The van der Waals surface area contributed by atoms with Crippen LogP contribution in [0.15, 0.2) is 30.5 Å². The van der Waals surface area contributed by atoms with Gasteiger partial charge in [0, 0.05) is 37.7 Å². The standard InChI is InChI=1S/C26H29N3O4S/c1-4-34(32,33)29-9-7-26(8-10-29)13-22(30)25(23(31)14-26)24-17(2)11-20(12-18(24)3)21-6-5-19(15-27)16-28-21/h5-6,11-12,16,25H,4,7-10,13-14H2,1-3H3. The van der Waals surface area contributed by atoms with Crippen molar-refractivity contribution in [2.45, 2.75) is 52.4 Å². The summed E-state index contributed by atoms with van der Waals surface area (Å²) < 4.78 is 25.9. The maximum absolute atomic E-state index is 13.3. The predicted octanol–water partition coefficient (Wildman–Crippen LogP) is 3.68. The SMILES string of the molecule is CCS(=O)(=O)N1CCC2(CC1)CC(=O)C(c1c(C)cc(-c3ccc(C#N)cn3)cc1C)C(=O)C2. The van der Waals surface area contributed by atoms with Crippen LogP contribution >= 0.6 is 0 Å². The molecule has 1 aromatic heterocycles. The van der Waals surface area contributed by atoms with Gasteiger partial charge in [0.25, 0.3) is 0 Å². The van der Waals surface area contributed by atoms with E-state index in [0.717, 1.165) is 27.9 Å². The molecule has 4 rings (SSSR count). The Hall–Kier alpha value is -2.89. The Balaban J connectivity index is 1.56. The van der Waals surface area contributed by atoms with E-state index in [0.29, 0.717) is 44.3 Å². The summed E-state index contributed by atoms with van der Waals surface area (Å²) in [7, 11) is -3.26. The van der Waals surface area contributed by atoms with E-state index in [-0.39, 0.29) is 17.3 Å². The number of sulfonamides is 1. The van der Waals surface area contributed by atoms with E-state index in [1.54, 1.807) is 19.1 Å². The average molecular weight is 480 g/mol. The van der Waals surface area contributed by atoms with Crippen LogP contribution < -0.4 is 0 Å². The van der Waals surface area contributed by atoms with Crippen LogP contribution in [0.2, 0.25) is 0 Å². The van der Waals surface area contributed by atoms with Crippen LogP contribution in [0.1, 0.15) is 60.8 Å². The van der Waals surface area contributed by atoms with Crippen molar-refractivity contribution in [3.8, 4) is 17.3 Å². The lowest BCUT2D eigenvalue weighted by Gasteiger charge is -2.44. The molecule has 34 heavy (non-hydrogen) atoms. The van der Waals surface area contributed by atoms with Crippen LogP contribution in [0.5, 0.6) is 0 Å². The van der Waals surface area contributed by atoms with E-state index in [4.69, 9.17) is 5.26 Å². The van der Waals surface area contributed by atoms with Gasteiger partial charge in [-0.25, -0.2) is 12.7 Å². The van der Waals surface area contributed by atoms with E-state index in [2.05, 4.69) is 11.1 Å². The van der Waals surface area contributed by atoms with Gasteiger partial charge >= 0.3 is 0 Å². The zero-order valence-corrected chi connectivity index (χ0v) is 20.6. The fraction of sp³-hybridized carbons (Fsp3) is 0.462. The van der Waals surface area contributed by atoms with Gasteiger partial charge in [0.1, 0.15) is 23.6 Å². The molecule has 1 aromatic carbocycles. The van der Waals surface area contributed by atoms with E-state index < -0.39 is 21.4 Å². The number of ketones is 2. The third-order valence-corrected chi connectivity index (χ3v) is 9.24. The number of hydrogen-bond acceptors (Lipinski definition) is 6. The van der Waals surface area contributed by atoms with Crippen molar-refractivity contribution in [3.63, 3.8) is 0 Å². The lowest BCUT2D eigenvalue weighted by atomic mass is 9.63. The molecular weight excluding hydrogens is 450 g/mol. The smallest absolute Gasteiger partial charge is 0.213 e. The molecule has 1 aliphatic carbocycles. The molecule has 8 heteroatoms. The molecule has 2 heterocycles. The van der Waals surface area contributed by atoms with Crippen molar-refractivity contribution in [2.75, 3.05) is 18.8 Å². The molecule has 2 fully saturated rings. The minimum atomic E-state index is -3.26. The number of pyridine rings is 1. The number of carbonyl (C=O) groups excluding carboxylic acids is 2. The maximum Gasteiger partial charge on any atom is 0.213 e. The molecule has 0 radical (unpaired) electrons. The second-order valence-electron chi connectivity index (χ2n) is 9.59. The topological polar surface area (TPSA) is 108 Å². The first-order chi connectivity index (χ1) is 16.1. The van der Waals surface area contributed by atoms with E-state index in [1.807, 2.05) is 26.0 Å². The zero-order chi connectivity index (χ0) is 24.7. The Kier molecular flexibility index (Phi) is 6.45. The van der Waals surface area contributed by atoms with Gasteiger partial charge in [0.2, 0.25) is 10.0 Å². The molecule has 0 N–H and O–H groups in total. The Bertz CT molecular complexity index is 1240. The van der Waals surface area contributed by atoms with Crippen molar-refractivity contribution in [2.24, 2.45) is 5.41 Å². The molecule has 1 saturated carbocycles. The highest BCUT2D eigenvalue weighted by atomic mass is 32.2. The molecule has 2 aromatic rings. The van der Waals surface area contributed by atoms with Crippen molar-refractivity contribution < 1.29 is 18.0 Å². The van der Waals surface area contributed by atoms with Gasteiger partial charge in [-0.15, -0.1) is 0 Å². The normalized spacial score (nSPS) is 19.4. The average Bonchev–Trinajstić information content (AvgIpc) is 2.80. The van der Waals surface area contributed by atoms with Crippen molar-refractivity contribution in [1.82, 2.24) is 9.29 Å². The number of rotatable bonds is 4. The predicted molar refractivity (Wildman–Crippen MR) is 129 cm³/mol. The first-order valence-corrected chi connectivity index (χ1v) is 13.2. The minimum Gasteiger partial charge on any atom is -0.299 e. The highest BCUT2D eigenvalue weighted by Crippen LogP contribution is 2.47. The number of benzene rings is 1. The molecule has 7 nitrogen and oxygen atoms in total. The largest absolute Gasteiger partial charge is 0.299 e. The first kappa shape index (κ1) is 24.2. The highest BCUT2D eigenvalue weighted by molar-refractivity contribution is 7.89. The molecule has 0 amide bonds. The van der Waals surface area contributed by atoms with Crippen LogP contribution in [0.3, 0.4) is 0 Å². The van der Waals surface area contributed by atoms with Gasteiger partial charge in [0.15, 0.2) is 0 Å².